The first kappa shape index (κ1) is 13.8. The van der Waals surface area contributed by atoms with Crippen molar-refractivity contribution in [1.82, 2.24) is 9.47 Å². The molecule has 1 aromatic heterocycles. The molecule has 4 heteroatoms. The minimum atomic E-state index is -0.283. The second kappa shape index (κ2) is 5.87. The topological polar surface area (TPSA) is 45.5 Å². The van der Waals surface area contributed by atoms with Crippen LogP contribution in [0.1, 0.15) is 32.2 Å². The van der Waals surface area contributed by atoms with Crippen LogP contribution in [-0.2, 0) is 13.1 Å². The highest BCUT2D eigenvalue weighted by molar-refractivity contribution is 5.29. The fraction of sp³-hybridized carbons (Fsp3) is 0.615. The Morgan fingerprint density at radius 3 is 2.35 bits per heavy atom. The Hall–Kier alpha value is -1.29. The summed E-state index contributed by atoms with van der Waals surface area (Å²) in [6, 6.07) is 1.49. The van der Waals surface area contributed by atoms with Gasteiger partial charge in [-0.15, -0.1) is 0 Å². The average Bonchev–Trinajstić information content (AvgIpc) is 2.32. The smallest absolute Gasteiger partial charge is 0.223 e. The monoisotopic (exact) mass is 238 g/mol. The first-order chi connectivity index (χ1) is 8.04. The van der Waals surface area contributed by atoms with Crippen molar-refractivity contribution in [3.8, 4) is 5.75 Å². The molecule has 0 saturated heterocycles. The van der Waals surface area contributed by atoms with Crippen LogP contribution in [0.25, 0.3) is 0 Å². The highest BCUT2D eigenvalue weighted by atomic mass is 16.3. The maximum atomic E-state index is 11.6. The highest BCUT2D eigenvalue weighted by Gasteiger charge is 2.14. The fourth-order valence-corrected chi connectivity index (χ4v) is 2.08. The van der Waals surface area contributed by atoms with Gasteiger partial charge >= 0.3 is 0 Å². The molecule has 1 heterocycles. The molecular weight excluding hydrogens is 216 g/mol. The minimum absolute atomic E-state index is 0.107. The third-order valence-electron chi connectivity index (χ3n) is 3.18. The Balaban J connectivity index is 3.24. The van der Waals surface area contributed by atoms with Gasteiger partial charge in [-0.1, -0.05) is 13.8 Å². The first-order valence-electron chi connectivity index (χ1n) is 6.19. The van der Waals surface area contributed by atoms with Crippen LogP contribution in [0.4, 0.5) is 0 Å². The van der Waals surface area contributed by atoms with Crippen LogP contribution in [0.2, 0.25) is 0 Å². The zero-order valence-electron chi connectivity index (χ0n) is 11.2. The molecule has 1 aromatic rings. The van der Waals surface area contributed by atoms with Crippen molar-refractivity contribution >= 4 is 0 Å². The second-order valence-corrected chi connectivity index (χ2v) is 4.15. The summed E-state index contributed by atoms with van der Waals surface area (Å²) in [4.78, 5) is 13.8. The maximum absolute atomic E-state index is 11.6. The molecule has 0 aliphatic heterocycles. The summed E-state index contributed by atoms with van der Waals surface area (Å²) in [6.07, 6.45) is 0. The summed E-state index contributed by atoms with van der Waals surface area (Å²) in [5, 5.41) is 9.91. The Bertz CT molecular complexity index is 434. The van der Waals surface area contributed by atoms with Gasteiger partial charge in [0, 0.05) is 24.8 Å². The van der Waals surface area contributed by atoms with Crippen molar-refractivity contribution in [3.63, 3.8) is 0 Å². The third-order valence-corrected chi connectivity index (χ3v) is 3.18. The molecule has 0 unspecified atom stereocenters. The van der Waals surface area contributed by atoms with Gasteiger partial charge in [-0.05, 0) is 26.9 Å². The number of aromatic nitrogens is 1. The van der Waals surface area contributed by atoms with Crippen LogP contribution in [0.3, 0.4) is 0 Å². The van der Waals surface area contributed by atoms with Gasteiger partial charge in [0.1, 0.15) is 0 Å². The van der Waals surface area contributed by atoms with Gasteiger partial charge in [-0.3, -0.25) is 9.69 Å². The number of aryl methyl sites for hydroxylation is 1. The number of aromatic hydroxyl groups is 1. The number of hydrogen-bond donors (Lipinski definition) is 1. The quantitative estimate of drug-likeness (QED) is 0.849. The molecule has 0 aromatic carbocycles. The predicted octanol–water partition coefficient (Wildman–Crippen LogP) is 1.72. The van der Waals surface area contributed by atoms with Crippen LogP contribution in [-0.4, -0.2) is 27.7 Å². The van der Waals surface area contributed by atoms with Crippen LogP contribution < -0.4 is 5.43 Å². The van der Waals surface area contributed by atoms with Crippen LogP contribution in [0.15, 0.2) is 10.9 Å². The van der Waals surface area contributed by atoms with Gasteiger partial charge in [0.2, 0.25) is 5.43 Å². The van der Waals surface area contributed by atoms with Crippen LogP contribution in [0, 0.1) is 6.92 Å². The van der Waals surface area contributed by atoms with E-state index in [0.717, 1.165) is 31.0 Å². The van der Waals surface area contributed by atoms with Crippen molar-refractivity contribution in [3.05, 3.63) is 27.7 Å². The summed E-state index contributed by atoms with van der Waals surface area (Å²) in [6.45, 7) is 11.2. The summed E-state index contributed by atoms with van der Waals surface area (Å²) in [5.74, 6) is -0.107. The van der Waals surface area contributed by atoms with E-state index in [4.69, 9.17) is 0 Å². The molecule has 96 valence electrons. The van der Waals surface area contributed by atoms with E-state index in [1.807, 2.05) is 18.4 Å². The molecule has 0 spiro atoms. The van der Waals surface area contributed by atoms with Gasteiger partial charge < -0.3 is 9.67 Å². The zero-order valence-corrected chi connectivity index (χ0v) is 11.2. The molecule has 0 radical (unpaired) electrons. The molecule has 0 bridgehead atoms. The number of hydrogen-bond acceptors (Lipinski definition) is 3. The lowest BCUT2D eigenvalue weighted by atomic mass is 10.2. The summed E-state index contributed by atoms with van der Waals surface area (Å²) < 4.78 is 2.00. The van der Waals surface area contributed by atoms with E-state index >= 15 is 0 Å². The lowest BCUT2D eigenvalue weighted by Crippen LogP contribution is -2.26. The Kier molecular flexibility index (Phi) is 4.75. The zero-order chi connectivity index (χ0) is 13.0. The van der Waals surface area contributed by atoms with Gasteiger partial charge in [0.25, 0.3) is 0 Å². The van der Waals surface area contributed by atoms with Crippen molar-refractivity contribution in [1.29, 1.82) is 0 Å². The number of pyridine rings is 1. The first-order valence-corrected chi connectivity index (χ1v) is 6.19. The SMILES string of the molecule is CCN(CC)Cc1c(O)c(=O)cc(C)n1CC. The molecule has 4 nitrogen and oxygen atoms in total. The largest absolute Gasteiger partial charge is 0.503 e. The standard InChI is InChI=1S/C13H22N2O2/c1-5-14(6-2)9-11-13(17)12(16)8-10(4)15(11)7-3/h8,17H,5-7,9H2,1-4H3. The van der Waals surface area contributed by atoms with E-state index in [0.29, 0.717) is 6.54 Å². The van der Waals surface area contributed by atoms with Crippen LogP contribution >= 0.6 is 0 Å². The molecule has 17 heavy (non-hydrogen) atoms. The molecular formula is C13H22N2O2. The van der Waals surface area contributed by atoms with E-state index in [1.165, 1.54) is 6.07 Å². The lowest BCUT2D eigenvalue weighted by Gasteiger charge is -2.22. The van der Waals surface area contributed by atoms with E-state index in [1.54, 1.807) is 0 Å². The summed E-state index contributed by atoms with van der Waals surface area (Å²) >= 11 is 0. The molecule has 0 aliphatic carbocycles. The van der Waals surface area contributed by atoms with Crippen molar-refractivity contribution < 1.29 is 5.11 Å². The molecule has 1 N–H and O–H groups in total. The summed E-state index contributed by atoms with van der Waals surface area (Å²) in [7, 11) is 0. The van der Waals surface area contributed by atoms with Gasteiger partial charge in [0.05, 0.1) is 5.69 Å². The van der Waals surface area contributed by atoms with Crippen molar-refractivity contribution in [2.75, 3.05) is 13.1 Å². The fourth-order valence-electron chi connectivity index (χ4n) is 2.08. The molecule has 1 rings (SSSR count). The van der Waals surface area contributed by atoms with Crippen molar-refractivity contribution in [2.24, 2.45) is 0 Å². The van der Waals surface area contributed by atoms with E-state index in [9.17, 15) is 9.90 Å². The van der Waals surface area contributed by atoms with E-state index in [-0.39, 0.29) is 11.2 Å². The summed E-state index contributed by atoms with van der Waals surface area (Å²) in [5.41, 5.74) is 1.34. The lowest BCUT2D eigenvalue weighted by molar-refractivity contribution is 0.279. The molecule has 0 fully saturated rings. The maximum Gasteiger partial charge on any atom is 0.223 e. The molecule has 0 atom stereocenters. The highest BCUT2D eigenvalue weighted by Crippen LogP contribution is 2.16. The normalized spacial score (nSPS) is 11.1. The average molecular weight is 238 g/mol. The molecule has 0 aliphatic rings. The Morgan fingerprint density at radius 1 is 1.29 bits per heavy atom. The predicted molar refractivity (Wildman–Crippen MR) is 69.4 cm³/mol. The van der Waals surface area contributed by atoms with Crippen LogP contribution in [0.5, 0.6) is 5.75 Å². The molecule has 0 amide bonds. The van der Waals surface area contributed by atoms with Gasteiger partial charge in [-0.2, -0.15) is 0 Å². The van der Waals surface area contributed by atoms with Gasteiger partial charge in [0.15, 0.2) is 5.75 Å². The Labute approximate surface area is 102 Å². The minimum Gasteiger partial charge on any atom is -0.503 e. The van der Waals surface area contributed by atoms with Gasteiger partial charge in [-0.25, -0.2) is 0 Å². The van der Waals surface area contributed by atoms with Crippen molar-refractivity contribution in [2.45, 2.75) is 40.8 Å². The third kappa shape index (κ3) is 2.88. The Morgan fingerprint density at radius 2 is 1.88 bits per heavy atom. The number of nitrogens with zero attached hydrogens (tertiary/aromatic N) is 2. The van der Waals surface area contributed by atoms with E-state index < -0.39 is 0 Å². The van der Waals surface area contributed by atoms with E-state index in [2.05, 4.69) is 18.7 Å². The second-order valence-electron chi connectivity index (χ2n) is 4.15. The molecule has 0 saturated carbocycles. The number of rotatable bonds is 5.